The van der Waals surface area contributed by atoms with Gasteiger partial charge in [0.2, 0.25) is 5.91 Å². The first kappa shape index (κ1) is 14.1. The van der Waals surface area contributed by atoms with Gasteiger partial charge in [0.1, 0.15) is 23.9 Å². The van der Waals surface area contributed by atoms with Gasteiger partial charge in [-0.2, -0.15) is 0 Å². The van der Waals surface area contributed by atoms with Crippen molar-refractivity contribution in [3.8, 4) is 0 Å². The lowest BCUT2D eigenvalue weighted by atomic mass is 10.3. The summed E-state index contributed by atoms with van der Waals surface area (Å²) in [7, 11) is 0. The molecule has 0 saturated carbocycles. The molecule has 0 aliphatic carbocycles. The number of aliphatic hydroxyl groups excluding tert-OH is 1. The molecule has 6 nitrogen and oxygen atoms in total. The lowest BCUT2D eigenvalue weighted by Gasteiger charge is -2.05. The largest absolute Gasteiger partial charge is 0.387 e. The first-order chi connectivity index (χ1) is 9.44. The number of hydrogen-bond donors (Lipinski definition) is 2. The fraction of sp³-hybridized carbons (Fsp3) is 0.250. The summed E-state index contributed by atoms with van der Waals surface area (Å²) in [6.07, 6.45) is 0.625. The van der Waals surface area contributed by atoms with E-state index in [0.717, 1.165) is 12.1 Å². The van der Waals surface area contributed by atoms with Gasteiger partial charge in [-0.3, -0.25) is 4.79 Å². The van der Waals surface area contributed by atoms with Crippen molar-refractivity contribution < 1.29 is 18.7 Å². The second-order valence-electron chi connectivity index (χ2n) is 4.22. The molecule has 0 spiro atoms. The molecule has 1 atom stereocenters. The third kappa shape index (κ3) is 3.58. The molecular weight excluding hydrogens is 270 g/mol. The Morgan fingerprint density at radius 3 is 2.60 bits per heavy atom. The fourth-order valence-corrected chi connectivity index (χ4v) is 1.56. The molecule has 106 valence electrons. The Balaban J connectivity index is 2.01. The maximum atomic E-state index is 13.0. The van der Waals surface area contributed by atoms with Crippen molar-refractivity contribution in [2.45, 2.75) is 19.6 Å². The van der Waals surface area contributed by atoms with E-state index >= 15 is 0 Å². The Labute approximate surface area is 113 Å². The molecule has 20 heavy (non-hydrogen) atoms. The Kier molecular flexibility index (Phi) is 4.04. The van der Waals surface area contributed by atoms with E-state index in [1.807, 2.05) is 0 Å². The van der Waals surface area contributed by atoms with Gasteiger partial charge in [0.25, 0.3) is 0 Å². The average molecular weight is 282 g/mol. The molecule has 1 aromatic heterocycles. The summed E-state index contributed by atoms with van der Waals surface area (Å²) in [6, 6.07) is 2.72. The predicted molar refractivity (Wildman–Crippen MR) is 65.6 cm³/mol. The van der Waals surface area contributed by atoms with E-state index in [9.17, 15) is 18.7 Å². The van der Waals surface area contributed by atoms with E-state index in [1.165, 1.54) is 17.8 Å². The normalized spacial score (nSPS) is 12.2. The Morgan fingerprint density at radius 2 is 2.05 bits per heavy atom. The van der Waals surface area contributed by atoms with Crippen LogP contribution in [0, 0.1) is 11.6 Å². The van der Waals surface area contributed by atoms with Crippen molar-refractivity contribution in [3.63, 3.8) is 0 Å². The number of amides is 1. The first-order valence-corrected chi connectivity index (χ1v) is 5.78. The van der Waals surface area contributed by atoms with E-state index in [1.54, 1.807) is 0 Å². The van der Waals surface area contributed by atoms with Crippen molar-refractivity contribution in [1.29, 1.82) is 0 Å². The number of carbonyl (C=O) groups is 1. The van der Waals surface area contributed by atoms with E-state index in [0.29, 0.717) is 11.8 Å². The van der Waals surface area contributed by atoms with Crippen LogP contribution in [-0.2, 0) is 11.3 Å². The van der Waals surface area contributed by atoms with Crippen molar-refractivity contribution in [3.05, 3.63) is 41.7 Å². The first-order valence-electron chi connectivity index (χ1n) is 5.78. The second-order valence-corrected chi connectivity index (χ2v) is 4.22. The molecule has 1 amide bonds. The van der Waals surface area contributed by atoms with Gasteiger partial charge in [-0.05, 0) is 19.1 Å². The van der Waals surface area contributed by atoms with Gasteiger partial charge >= 0.3 is 0 Å². The topological polar surface area (TPSA) is 80.0 Å². The maximum Gasteiger partial charge on any atom is 0.246 e. The number of carbonyl (C=O) groups excluding carboxylic acids is 1. The van der Waals surface area contributed by atoms with Crippen LogP contribution >= 0.6 is 0 Å². The van der Waals surface area contributed by atoms with Gasteiger partial charge in [-0.25, -0.2) is 13.5 Å². The van der Waals surface area contributed by atoms with Crippen LogP contribution in [-0.4, -0.2) is 26.0 Å². The molecule has 2 N–H and O–H groups in total. The number of nitrogens with one attached hydrogen (secondary N) is 1. The molecular formula is C12H12F2N4O2. The minimum absolute atomic E-state index is 0.0170. The molecule has 2 aromatic rings. The predicted octanol–water partition coefficient (Wildman–Crippen LogP) is 1.25. The molecule has 1 heterocycles. The molecule has 0 radical (unpaired) electrons. The van der Waals surface area contributed by atoms with Crippen LogP contribution in [0.3, 0.4) is 0 Å². The van der Waals surface area contributed by atoms with Gasteiger partial charge < -0.3 is 10.4 Å². The number of halogens is 2. The highest BCUT2D eigenvalue weighted by molar-refractivity contribution is 5.90. The molecule has 0 aliphatic heterocycles. The summed E-state index contributed by atoms with van der Waals surface area (Å²) >= 11 is 0. The van der Waals surface area contributed by atoms with E-state index < -0.39 is 23.6 Å². The van der Waals surface area contributed by atoms with Crippen molar-refractivity contribution >= 4 is 11.6 Å². The van der Waals surface area contributed by atoms with Crippen molar-refractivity contribution in [2.24, 2.45) is 0 Å². The van der Waals surface area contributed by atoms with E-state index in [-0.39, 0.29) is 12.2 Å². The molecule has 8 heteroatoms. The molecule has 0 aliphatic rings. The SMILES string of the molecule is CC(O)c1cn(CC(=O)Nc2cc(F)cc(F)c2)nn1. The molecule has 0 bridgehead atoms. The summed E-state index contributed by atoms with van der Waals surface area (Å²) in [5.74, 6) is -2.08. The van der Waals surface area contributed by atoms with Crippen LogP contribution in [0.4, 0.5) is 14.5 Å². The number of anilines is 1. The molecule has 0 fully saturated rings. The van der Waals surface area contributed by atoms with E-state index in [4.69, 9.17) is 0 Å². The summed E-state index contributed by atoms with van der Waals surface area (Å²) in [5.41, 5.74) is 0.345. The lowest BCUT2D eigenvalue weighted by molar-refractivity contribution is -0.116. The van der Waals surface area contributed by atoms with Gasteiger partial charge in [0, 0.05) is 11.8 Å². The molecule has 2 rings (SSSR count). The number of aliphatic hydroxyl groups is 1. The smallest absolute Gasteiger partial charge is 0.246 e. The molecule has 1 unspecified atom stereocenters. The summed E-state index contributed by atoms with van der Waals surface area (Å²) in [5, 5.41) is 18.9. The standard InChI is InChI=1S/C12H12F2N4O2/c1-7(19)11-5-18(17-16-11)6-12(20)15-10-3-8(13)2-9(14)4-10/h2-5,7,19H,6H2,1H3,(H,15,20). The lowest BCUT2D eigenvalue weighted by Crippen LogP contribution is -2.19. The minimum atomic E-state index is -0.788. The fourth-order valence-electron chi connectivity index (χ4n) is 1.56. The second kappa shape index (κ2) is 5.74. The Bertz CT molecular complexity index is 607. The third-order valence-corrected chi connectivity index (χ3v) is 2.44. The van der Waals surface area contributed by atoms with Crippen LogP contribution in [0.5, 0.6) is 0 Å². The van der Waals surface area contributed by atoms with E-state index in [2.05, 4.69) is 15.6 Å². The van der Waals surface area contributed by atoms with Crippen LogP contribution in [0.25, 0.3) is 0 Å². The number of hydrogen-bond acceptors (Lipinski definition) is 4. The highest BCUT2D eigenvalue weighted by atomic mass is 19.1. The molecule has 0 saturated heterocycles. The van der Waals surface area contributed by atoms with Crippen molar-refractivity contribution in [1.82, 2.24) is 15.0 Å². The minimum Gasteiger partial charge on any atom is -0.387 e. The average Bonchev–Trinajstić information content (AvgIpc) is 2.75. The quantitative estimate of drug-likeness (QED) is 0.884. The summed E-state index contributed by atoms with van der Waals surface area (Å²) < 4.78 is 27.1. The highest BCUT2D eigenvalue weighted by Crippen LogP contribution is 2.13. The molecule has 1 aromatic carbocycles. The van der Waals surface area contributed by atoms with Crippen LogP contribution < -0.4 is 5.32 Å². The Hall–Kier alpha value is -2.35. The van der Waals surface area contributed by atoms with Crippen LogP contribution in [0.2, 0.25) is 0 Å². The highest BCUT2D eigenvalue weighted by Gasteiger charge is 2.10. The maximum absolute atomic E-state index is 13.0. The van der Waals surface area contributed by atoms with Gasteiger partial charge in [0.05, 0.1) is 12.3 Å². The zero-order valence-electron chi connectivity index (χ0n) is 10.5. The van der Waals surface area contributed by atoms with Gasteiger partial charge in [-0.15, -0.1) is 5.10 Å². The third-order valence-electron chi connectivity index (χ3n) is 2.44. The zero-order valence-corrected chi connectivity index (χ0v) is 10.5. The van der Waals surface area contributed by atoms with Crippen molar-refractivity contribution in [2.75, 3.05) is 5.32 Å². The van der Waals surface area contributed by atoms with Crippen LogP contribution in [0.1, 0.15) is 18.7 Å². The Morgan fingerprint density at radius 1 is 1.40 bits per heavy atom. The number of benzene rings is 1. The van der Waals surface area contributed by atoms with Gasteiger partial charge in [-0.1, -0.05) is 5.21 Å². The summed E-state index contributed by atoms with van der Waals surface area (Å²) in [4.78, 5) is 11.7. The number of rotatable bonds is 4. The summed E-state index contributed by atoms with van der Waals surface area (Å²) in [6.45, 7) is 1.34. The number of aromatic nitrogens is 3. The van der Waals surface area contributed by atoms with Crippen LogP contribution in [0.15, 0.2) is 24.4 Å². The monoisotopic (exact) mass is 282 g/mol. The van der Waals surface area contributed by atoms with Gasteiger partial charge in [0.15, 0.2) is 0 Å². The number of nitrogens with zero attached hydrogens (tertiary/aromatic N) is 3. The zero-order chi connectivity index (χ0) is 14.7.